The Labute approximate surface area is 110 Å². The molecule has 0 atom stereocenters. The molecule has 6 heteroatoms. The summed E-state index contributed by atoms with van der Waals surface area (Å²) < 4.78 is 0. The number of rotatable bonds is 4. The molecule has 0 radical (unpaired) electrons. The van der Waals surface area contributed by atoms with Gasteiger partial charge in [0.05, 0.1) is 17.4 Å². The summed E-state index contributed by atoms with van der Waals surface area (Å²) in [5, 5.41) is 6.40. The van der Waals surface area contributed by atoms with E-state index in [0.717, 1.165) is 34.9 Å². The van der Waals surface area contributed by atoms with Gasteiger partial charge < -0.3 is 15.6 Å². The molecule has 0 saturated heterocycles. The second-order valence-electron chi connectivity index (χ2n) is 4.08. The second kappa shape index (κ2) is 4.93. The zero-order valence-corrected chi connectivity index (χ0v) is 10.5. The van der Waals surface area contributed by atoms with Gasteiger partial charge in [-0.15, -0.1) is 0 Å². The van der Waals surface area contributed by atoms with E-state index < -0.39 is 0 Å². The van der Waals surface area contributed by atoms with Gasteiger partial charge in [0.2, 0.25) is 0 Å². The number of benzene rings is 1. The lowest BCUT2D eigenvalue weighted by Crippen LogP contribution is -2.01. The molecule has 0 saturated carbocycles. The highest BCUT2D eigenvalue weighted by Gasteiger charge is 2.01. The third kappa shape index (κ3) is 2.47. The summed E-state index contributed by atoms with van der Waals surface area (Å²) in [4.78, 5) is 15.6. The zero-order chi connectivity index (χ0) is 13.1. The normalized spacial score (nSPS) is 10.6. The highest BCUT2D eigenvalue weighted by atomic mass is 15.1. The Bertz CT molecular complexity index is 690. The Kier molecular flexibility index (Phi) is 2.97. The lowest BCUT2D eigenvalue weighted by molar-refractivity contribution is 1.11. The van der Waals surface area contributed by atoms with E-state index in [9.17, 15) is 0 Å². The number of imidazole rings is 1. The van der Waals surface area contributed by atoms with Gasteiger partial charge in [-0.2, -0.15) is 0 Å². The quantitative estimate of drug-likeness (QED) is 0.666. The molecule has 0 aliphatic heterocycles. The molecule has 0 unspecified atom stereocenters. The third-order valence-corrected chi connectivity index (χ3v) is 2.72. The summed E-state index contributed by atoms with van der Waals surface area (Å²) in [5.74, 6) is 1.56. The number of H-pyrrole nitrogens is 1. The van der Waals surface area contributed by atoms with Crippen molar-refractivity contribution in [2.45, 2.75) is 6.92 Å². The van der Waals surface area contributed by atoms with Crippen LogP contribution < -0.4 is 10.6 Å². The van der Waals surface area contributed by atoms with E-state index in [1.165, 1.54) is 6.33 Å². The molecule has 2 aromatic heterocycles. The lowest BCUT2D eigenvalue weighted by atomic mass is 10.3. The molecule has 0 aliphatic carbocycles. The molecule has 6 nitrogen and oxygen atoms in total. The summed E-state index contributed by atoms with van der Waals surface area (Å²) in [6.45, 7) is 2.86. The van der Waals surface area contributed by atoms with Gasteiger partial charge in [-0.05, 0) is 25.1 Å². The highest BCUT2D eigenvalue weighted by molar-refractivity contribution is 5.79. The van der Waals surface area contributed by atoms with Crippen LogP contribution in [0, 0.1) is 0 Å². The number of hydrogen-bond acceptors (Lipinski definition) is 5. The fourth-order valence-corrected chi connectivity index (χ4v) is 1.86. The van der Waals surface area contributed by atoms with E-state index in [1.54, 1.807) is 6.33 Å². The Morgan fingerprint density at radius 2 is 2.00 bits per heavy atom. The van der Waals surface area contributed by atoms with Crippen molar-refractivity contribution in [2.75, 3.05) is 17.2 Å². The second-order valence-corrected chi connectivity index (χ2v) is 4.08. The summed E-state index contributed by atoms with van der Waals surface area (Å²) in [6.07, 6.45) is 3.22. The Hall–Kier alpha value is -2.63. The molecule has 1 aromatic carbocycles. The predicted octanol–water partition coefficient (Wildman–Crippen LogP) is 2.53. The molecular weight excluding hydrogens is 240 g/mol. The highest BCUT2D eigenvalue weighted by Crippen LogP contribution is 2.19. The predicted molar refractivity (Wildman–Crippen MR) is 75.6 cm³/mol. The SMILES string of the molecule is CCNc1cc(Nc2ccc3nc[nH]c3c2)ncn1. The van der Waals surface area contributed by atoms with E-state index in [0.29, 0.717) is 0 Å². The van der Waals surface area contributed by atoms with Crippen molar-refractivity contribution in [3.8, 4) is 0 Å². The van der Waals surface area contributed by atoms with Gasteiger partial charge in [0.15, 0.2) is 0 Å². The molecule has 19 heavy (non-hydrogen) atoms. The molecule has 3 N–H and O–H groups in total. The Balaban J connectivity index is 1.85. The number of aromatic nitrogens is 4. The first-order chi connectivity index (χ1) is 9.35. The monoisotopic (exact) mass is 254 g/mol. The van der Waals surface area contributed by atoms with Gasteiger partial charge >= 0.3 is 0 Å². The first-order valence-electron chi connectivity index (χ1n) is 6.11. The maximum atomic E-state index is 4.20. The van der Waals surface area contributed by atoms with E-state index in [2.05, 4.69) is 30.6 Å². The maximum absolute atomic E-state index is 4.20. The summed E-state index contributed by atoms with van der Waals surface area (Å²) in [5.41, 5.74) is 2.89. The van der Waals surface area contributed by atoms with Crippen molar-refractivity contribution in [3.05, 3.63) is 36.9 Å². The number of fused-ring (bicyclic) bond motifs is 1. The molecule has 3 aromatic rings. The smallest absolute Gasteiger partial charge is 0.135 e. The van der Waals surface area contributed by atoms with Gasteiger partial charge in [0.25, 0.3) is 0 Å². The number of anilines is 3. The average molecular weight is 254 g/mol. The van der Waals surface area contributed by atoms with Crippen LogP contribution >= 0.6 is 0 Å². The molecule has 0 spiro atoms. The van der Waals surface area contributed by atoms with Crippen LogP contribution in [-0.2, 0) is 0 Å². The molecular formula is C13H14N6. The number of aromatic amines is 1. The largest absolute Gasteiger partial charge is 0.370 e. The van der Waals surface area contributed by atoms with Crippen molar-refractivity contribution in [3.63, 3.8) is 0 Å². The van der Waals surface area contributed by atoms with Crippen LogP contribution in [0.15, 0.2) is 36.9 Å². The Morgan fingerprint density at radius 3 is 2.89 bits per heavy atom. The molecule has 0 fully saturated rings. The number of nitrogens with zero attached hydrogens (tertiary/aromatic N) is 3. The first kappa shape index (κ1) is 11.5. The minimum atomic E-state index is 0.754. The molecule has 0 aliphatic rings. The minimum absolute atomic E-state index is 0.754. The number of hydrogen-bond donors (Lipinski definition) is 3. The van der Waals surface area contributed by atoms with Crippen molar-refractivity contribution >= 4 is 28.4 Å². The zero-order valence-electron chi connectivity index (χ0n) is 10.5. The average Bonchev–Trinajstić information content (AvgIpc) is 2.87. The van der Waals surface area contributed by atoms with Crippen molar-refractivity contribution in [1.82, 2.24) is 19.9 Å². The molecule has 0 amide bonds. The van der Waals surface area contributed by atoms with Gasteiger partial charge in [-0.3, -0.25) is 0 Å². The first-order valence-corrected chi connectivity index (χ1v) is 6.11. The van der Waals surface area contributed by atoms with Gasteiger partial charge in [-0.25, -0.2) is 15.0 Å². The van der Waals surface area contributed by atoms with E-state index in [-0.39, 0.29) is 0 Å². The molecule has 3 rings (SSSR count). The fraction of sp³-hybridized carbons (Fsp3) is 0.154. The van der Waals surface area contributed by atoms with Gasteiger partial charge in [-0.1, -0.05) is 0 Å². The van der Waals surface area contributed by atoms with Crippen LogP contribution in [0.2, 0.25) is 0 Å². The van der Waals surface area contributed by atoms with Crippen LogP contribution in [-0.4, -0.2) is 26.5 Å². The van der Waals surface area contributed by atoms with Crippen LogP contribution in [0.25, 0.3) is 11.0 Å². The summed E-state index contributed by atoms with van der Waals surface area (Å²) in [7, 11) is 0. The third-order valence-electron chi connectivity index (χ3n) is 2.72. The standard InChI is InChI=1S/C13H14N6/c1-2-14-12-6-13(18-8-17-12)19-9-3-4-10-11(5-9)16-7-15-10/h3-8H,2H2,1H3,(H,15,16)(H2,14,17,18,19). The van der Waals surface area contributed by atoms with Crippen LogP contribution in [0.4, 0.5) is 17.3 Å². The lowest BCUT2D eigenvalue weighted by Gasteiger charge is -2.07. The molecule has 0 bridgehead atoms. The van der Waals surface area contributed by atoms with Crippen LogP contribution in [0.5, 0.6) is 0 Å². The van der Waals surface area contributed by atoms with E-state index in [4.69, 9.17) is 0 Å². The Morgan fingerprint density at radius 1 is 1.11 bits per heavy atom. The van der Waals surface area contributed by atoms with Crippen molar-refractivity contribution in [2.24, 2.45) is 0 Å². The van der Waals surface area contributed by atoms with Gasteiger partial charge in [0.1, 0.15) is 18.0 Å². The minimum Gasteiger partial charge on any atom is -0.370 e. The molecule has 2 heterocycles. The summed E-state index contributed by atoms with van der Waals surface area (Å²) in [6, 6.07) is 7.80. The molecule has 96 valence electrons. The van der Waals surface area contributed by atoms with Crippen molar-refractivity contribution in [1.29, 1.82) is 0 Å². The topological polar surface area (TPSA) is 78.5 Å². The van der Waals surface area contributed by atoms with Gasteiger partial charge in [0, 0.05) is 18.3 Å². The van der Waals surface area contributed by atoms with Crippen LogP contribution in [0.1, 0.15) is 6.92 Å². The summed E-state index contributed by atoms with van der Waals surface area (Å²) >= 11 is 0. The fourth-order valence-electron chi connectivity index (χ4n) is 1.86. The van der Waals surface area contributed by atoms with E-state index in [1.807, 2.05) is 31.2 Å². The van der Waals surface area contributed by atoms with Crippen LogP contribution in [0.3, 0.4) is 0 Å². The number of nitrogens with one attached hydrogen (secondary N) is 3. The van der Waals surface area contributed by atoms with Crippen molar-refractivity contribution < 1.29 is 0 Å². The van der Waals surface area contributed by atoms with E-state index >= 15 is 0 Å². The maximum Gasteiger partial charge on any atom is 0.135 e.